The smallest absolute Gasteiger partial charge is 0.246 e. The molecule has 194 valence electrons. The van der Waals surface area contributed by atoms with Gasteiger partial charge in [-0.3, -0.25) is 9.69 Å². The van der Waals surface area contributed by atoms with Gasteiger partial charge in [0.15, 0.2) is 11.5 Å². The average Bonchev–Trinajstić information content (AvgIpc) is 3.62. The highest BCUT2D eigenvalue weighted by Crippen LogP contribution is 2.66. The first-order valence-corrected chi connectivity index (χ1v) is 13.9. The van der Waals surface area contributed by atoms with Crippen molar-refractivity contribution in [3.63, 3.8) is 0 Å². The fourth-order valence-electron chi connectivity index (χ4n) is 7.91. The number of carbonyl (C=O) groups is 1. The highest BCUT2D eigenvalue weighted by atomic mass is 35.5. The highest BCUT2D eigenvalue weighted by Gasteiger charge is 2.73. The highest BCUT2D eigenvalue weighted by molar-refractivity contribution is 6.30. The van der Waals surface area contributed by atoms with E-state index in [-0.39, 0.29) is 23.7 Å². The van der Waals surface area contributed by atoms with E-state index < -0.39 is 17.1 Å². The van der Waals surface area contributed by atoms with Crippen molar-refractivity contribution in [2.45, 2.75) is 67.7 Å². The molecule has 2 N–H and O–H groups in total. The number of hydrogen-bond acceptors (Lipinski definition) is 5. The van der Waals surface area contributed by atoms with Gasteiger partial charge in [-0.25, -0.2) is 0 Å². The van der Waals surface area contributed by atoms with Crippen LogP contribution in [0.5, 0.6) is 11.5 Å². The second-order valence-electron chi connectivity index (χ2n) is 11.7. The van der Waals surface area contributed by atoms with Gasteiger partial charge in [-0.1, -0.05) is 29.8 Å². The normalized spacial score (nSPS) is 33.8. The first-order valence-electron chi connectivity index (χ1n) is 13.5. The van der Waals surface area contributed by atoms with Crippen molar-refractivity contribution in [3.05, 3.63) is 64.2 Å². The molecule has 37 heavy (non-hydrogen) atoms. The standard InChI is InChI=1S/C30H33ClN2O4/c1-32(25(35)10-7-18-3-2-4-21(31)15-18)22-11-12-30(36)24-16-20-8-9-23(34)27-26(20)29(30,28(22)37-27)13-14-33(24)17-19-5-6-19/h2-4,7-10,15,19,22,24,28,34,36H,5-6,11-14,16-17H2,1H3/b10-7+/t22?,24-,28?,29+,30-/m1/s1. The van der Waals surface area contributed by atoms with E-state index in [9.17, 15) is 15.0 Å². The molecule has 2 saturated carbocycles. The number of benzene rings is 2. The maximum atomic E-state index is 13.4. The van der Waals surface area contributed by atoms with E-state index in [1.807, 2.05) is 37.4 Å². The zero-order chi connectivity index (χ0) is 25.5. The van der Waals surface area contributed by atoms with E-state index in [0.717, 1.165) is 43.0 Å². The van der Waals surface area contributed by atoms with Gasteiger partial charge in [-0.05, 0) is 86.4 Å². The number of halogens is 1. The van der Waals surface area contributed by atoms with Gasteiger partial charge in [-0.2, -0.15) is 0 Å². The maximum absolute atomic E-state index is 13.4. The van der Waals surface area contributed by atoms with Crippen LogP contribution in [0.1, 0.15) is 48.8 Å². The number of carbonyl (C=O) groups excluding carboxylic acids is 1. The monoisotopic (exact) mass is 520 g/mol. The van der Waals surface area contributed by atoms with Crippen LogP contribution in [0.3, 0.4) is 0 Å². The molecule has 2 heterocycles. The van der Waals surface area contributed by atoms with Gasteiger partial charge in [0.05, 0.1) is 17.1 Å². The van der Waals surface area contributed by atoms with Crippen LogP contribution in [0.25, 0.3) is 6.08 Å². The van der Waals surface area contributed by atoms with Crippen LogP contribution in [0.15, 0.2) is 42.5 Å². The van der Waals surface area contributed by atoms with Crippen LogP contribution in [0.2, 0.25) is 5.02 Å². The number of phenolic OH excluding ortho intramolecular Hbond substituents is 1. The summed E-state index contributed by atoms with van der Waals surface area (Å²) in [5, 5.41) is 24.0. The van der Waals surface area contributed by atoms with E-state index in [4.69, 9.17) is 16.3 Å². The number of ether oxygens (including phenoxy) is 1. The van der Waals surface area contributed by atoms with Gasteiger partial charge in [-0.15, -0.1) is 0 Å². The van der Waals surface area contributed by atoms with Gasteiger partial charge >= 0.3 is 0 Å². The zero-order valence-corrected chi connectivity index (χ0v) is 21.8. The van der Waals surface area contributed by atoms with E-state index >= 15 is 0 Å². The Morgan fingerprint density at radius 3 is 2.86 bits per heavy atom. The lowest BCUT2D eigenvalue weighted by molar-refractivity contribution is -0.200. The van der Waals surface area contributed by atoms with Gasteiger partial charge in [0.1, 0.15) is 6.10 Å². The molecule has 2 aromatic carbocycles. The Kier molecular flexibility index (Phi) is 5.24. The van der Waals surface area contributed by atoms with E-state index in [1.54, 1.807) is 23.1 Å². The fraction of sp³-hybridized carbons (Fsp3) is 0.500. The van der Waals surface area contributed by atoms with Crippen LogP contribution < -0.4 is 4.74 Å². The second kappa shape index (κ2) is 8.23. The van der Waals surface area contributed by atoms with Crippen molar-refractivity contribution in [1.29, 1.82) is 0 Å². The van der Waals surface area contributed by atoms with Crippen LogP contribution in [-0.2, 0) is 16.6 Å². The number of likely N-dealkylation sites (N-methyl/N-ethyl adjacent to an activating group) is 1. The first-order chi connectivity index (χ1) is 17.8. The van der Waals surface area contributed by atoms with Crippen LogP contribution in [0.4, 0.5) is 0 Å². The van der Waals surface area contributed by atoms with Gasteiger partial charge in [0.2, 0.25) is 5.91 Å². The molecular weight excluding hydrogens is 488 g/mol. The second-order valence-corrected chi connectivity index (χ2v) is 12.2. The minimum atomic E-state index is -0.951. The molecule has 5 aliphatic rings. The van der Waals surface area contributed by atoms with Crippen LogP contribution in [-0.4, -0.2) is 69.8 Å². The Labute approximate surface area is 222 Å². The van der Waals surface area contributed by atoms with Crippen LogP contribution >= 0.6 is 11.6 Å². The van der Waals surface area contributed by atoms with E-state index in [0.29, 0.717) is 23.6 Å². The molecule has 1 amide bonds. The number of hydrogen-bond donors (Lipinski definition) is 2. The number of likely N-dealkylation sites (tertiary alicyclic amines) is 1. The van der Waals surface area contributed by atoms with Crippen molar-refractivity contribution < 1.29 is 19.7 Å². The number of phenols is 1. The number of rotatable bonds is 5. The fourth-order valence-corrected chi connectivity index (χ4v) is 8.11. The number of piperidine rings is 1. The molecule has 6 nitrogen and oxygen atoms in total. The number of aliphatic hydroxyl groups is 1. The van der Waals surface area contributed by atoms with Crippen molar-refractivity contribution >= 4 is 23.6 Å². The summed E-state index contributed by atoms with van der Waals surface area (Å²) in [7, 11) is 1.83. The molecule has 2 bridgehead atoms. The van der Waals surface area contributed by atoms with Gasteiger partial charge in [0, 0.05) is 36.3 Å². The molecule has 2 aliphatic heterocycles. The average molecular weight is 521 g/mol. The minimum Gasteiger partial charge on any atom is -0.504 e. The molecule has 7 heteroatoms. The maximum Gasteiger partial charge on any atom is 0.246 e. The summed E-state index contributed by atoms with van der Waals surface area (Å²) < 4.78 is 6.60. The first kappa shape index (κ1) is 23.6. The molecule has 0 radical (unpaired) electrons. The number of aromatic hydroxyl groups is 1. The van der Waals surface area contributed by atoms with Crippen molar-refractivity contribution in [2.75, 3.05) is 20.1 Å². The largest absolute Gasteiger partial charge is 0.504 e. The summed E-state index contributed by atoms with van der Waals surface area (Å²) in [6.45, 7) is 1.95. The summed E-state index contributed by atoms with van der Waals surface area (Å²) in [5.74, 6) is 1.26. The summed E-state index contributed by atoms with van der Waals surface area (Å²) >= 11 is 6.10. The molecule has 1 spiro atoms. The minimum absolute atomic E-state index is 0.0284. The quantitative estimate of drug-likeness (QED) is 0.579. The van der Waals surface area contributed by atoms with E-state index in [2.05, 4.69) is 4.90 Å². The van der Waals surface area contributed by atoms with E-state index in [1.165, 1.54) is 18.4 Å². The molecular formula is C30H33ClN2O4. The summed E-state index contributed by atoms with van der Waals surface area (Å²) in [6, 6.07) is 11.0. The predicted octanol–water partition coefficient (Wildman–Crippen LogP) is 4.15. The third kappa shape index (κ3) is 3.35. The number of nitrogens with zero attached hydrogens (tertiary/aromatic N) is 2. The molecule has 5 atom stereocenters. The zero-order valence-electron chi connectivity index (χ0n) is 21.1. The van der Waals surface area contributed by atoms with Crippen molar-refractivity contribution in [1.82, 2.24) is 9.80 Å². The molecule has 0 aromatic heterocycles. The summed E-state index contributed by atoms with van der Waals surface area (Å²) in [5.41, 5.74) is 1.44. The van der Waals surface area contributed by atoms with Crippen molar-refractivity contribution in [2.24, 2.45) is 5.92 Å². The molecule has 3 aliphatic carbocycles. The summed E-state index contributed by atoms with van der Waals surface area (Å²) in [6.07, 6.45) is 8.30. The molecule has 2 aromatic rings. The predicted molar refractivity (Wildman–Crippen MR) is 142 cm³/mol. The topological polar surface area (TPSA) is 73.2 Å². The third-order valence-electron chi connectivity index (χ3n) is 9.84. The Hall–Kier alpha value is -2.54. The SMILES string of the molecule is CN(C(=O)/C=C/c1cccc(Cl)c1)C1CC[C@@]2(O)[C@H]3Cc4ccc(O)c5c4[C@@]2(CCN3CC2CC2)C1O5. The Morgan fingerprint density at radius 1 is 1.24 bits per heavy atom. The lowest BCUT2D eigenvalue weighted by atomic mass is 9.48. The third-order valence-corrected chi connectivity index (χ3v) is 10.1. The number of amides is 1. The molecule has 3 fully saturated rings. The molecule has 1 saturated heterocycles. The molecule has 7 rings (SSSR count). The Morgan fingerprint density at radius 2 is 2.08 bits per heavy atom. The van der Waals surface area contributed by atoms with Crippen molar-refractivity contribution in [3.8, 4) is 11.5 Å². The van der Waals surface area contributed by atoms with Gasteiger partial charge in [0.25, 0.3) is 0 Å². The van der Waals surface area contributed by atoms with Crippen LogP contribution in [0, 0.1) is 5.92 Å². The van der Waals surface area contributed by atoms with Gasteiger partial charge < -0.3 is 19.8 Å². The lowest BCUT2D eigenvalue weighted by Gasteiger charge is -2.64. The Balaban J connectivity index is 1.25. The summed E-state index contributed by atoms with van der Waals surface area (Å²) in [4.78, 5) is 17.6. The Bertz CT molecular complexity index is 1310. The lowest BCUT2D eigenvalue weighted by Crippen LogP contribution is -2.78. The molecule has 2 unspecified atom stereocenters.